The highest BCUT2D eigenvalue weighted by atomic mass is 79.9. The summed E-state index contributed by atoms with van der Waals surface area (Å²) in [5.74, 6) is 0.423. The topological polar surface area (TPSA) is 12.9 Å². The predicted molar refractivity (Wildman–Crippen MR) is 91.1 cm³/mol. The first kappa shape index (κ1) is 13.8. The van der Waals surface area contributed by atoms with Gasteiger partial charge >= 0.3 is 0 Å². The molecule has 0 fully saturated rings. The molecule has 1 aliphatic carbocycles. The van der Waals surface area contributed by atoms with Crippen molar-refractivity contribution >= 4 is 31.9 Å². The van der Waals surface area contributed by atoms with E-state index in [1.807, 2.05) is 12.3 Å². The van der Waals surface area contributed by atoms with Crippen LogP contribution in [-0.2, 0) is 0 Å². The average molecular weight is 391 g/mol. The Labute approximate surface area is 135 Å². The van der Waals surface area contributed by atoms with Gasteiger partial charge in [-0.3, -0.25) is 4.98 Å². The Bertz CT molecular complexity index is 657. The minimum atomic E-state index is 0.423. The number of benzene rings is 1. The van der Waals surface area contributed by atoms with Gasteiger partial charge in [0, 0.05) is 22.8 Å². The number of nitrogens with zero attached hydrogens (tertiary/aromatic N) is 1. The molecule has 1 nitrogen and oxygen atoms in total. The Balaban J connectivity index is 1.86. The fourth-order valence-corrected chi connectivity index (χ4v) is 3.89. The zero-order valence-electron chi connectivity index (χ0n) is 10.8. The molecular formula is C17H13Br2N. The van der Waals surface area contributed by atoms with Crippen LogP contribution in [0.5, 0.6) is 0 Å². The third-order valence-electron chi connectivity index (χ3n) is 3.40. The molecule has 2 aromatic rings. The lowest BCUT2D eigenvalue weighted by Gasteiger charge is -2.18. The lowest BCUT2D eigenvalue weighted by Crippen LogP contribution is -1.99. The molecule has 0 radical (unpaired) electrons. The SMILES string of the molecule is BrC1=CC(c2ccc(-c3cccnc3)cc2)CC(Br)=C1. The molecule has 1 aromatic carbocycles. The molecule has 1 atom stereocenters. The minimum absolute atomic E-state index is 0.423. The van der Waals surface area contributed by atoms with Gasteiger partial charge in [0.2, 0.25) is 0 Å². The van der Waals surface area contributed by atoms with Crippen molar-refractivity contribution in [3.63, 3.8) is 0 Å². The van der Waals surface area contributed by atoms with E-state index >= 15 is 0 Å². The van der Waals surface area contributed by atoms with E-state index < -0.39 is 0 Å². The second kappa shape index (κ2) is 6.06. The number of aromatic nitrogens is 1. The molecule has 0 N–H and O–H groups in total. The molecule has 0 saturated heterocycles. The summed E-state index contributed by atoms with van der Waals surface area (Å²) in [6.07, 6.45) is 9.07. The van der Waals surface area contributed by atoms with Gasteiger partial charge in [-0.05, 0) is 39.7 Å². The average Bonchev–Trinajstić information content (AvgIpc) is 2.47. The van der Waals surface area contributed by atoms with Crippen LogP contribution in [0.2, 0.25) is 0 Å². The number of halogens is 2. The van der Waals surface area contributed by atoms with Crippen molar-refractivity contribution < 1.29 is 0 Å². The third kappa shape index (κ3) is 3.10. The normalized spacial score (nSPS) is 18.4. The van der Waals surface area contributed by atoms with Crippen molar-refractivity contribution in [1.82, 2.24) is 4.98 Å². The quantitative estimate of drug-likeness (QED) is 0.631. The van der Waals surface area contributed by atoms with Gasteiger partial charge in [-0.25, -0.2) is 0 Å². The minimum Gasteiger partial charge on any atom is -0.264 e. The predicted octanol–water partition coefficient (Wildman–Crippen LogP) is 5.79. The number of rotatable bonds is 2. The number of hydrogen-bond donors (Lipinski definition) is 0. The molecule has 0 amide bonds. The molecule has 0 aliphatic heterocycles. The smallest absolute Gasteiger partial charge is 0.0346 e. The lowest BCUT2D eigenvalue weighted by molar-refractivity contribution is 0.845. The number of allylic oxidation sites excluding steroid dienone is 4. The molecule has 3 heteroatoms. The van der Waals surface area contributed by atoms with E-state index in [-0.39, 0.29) is 0 Å². The zero-order chi connectivity index (χ0) is 13.9. The Morgan fingerprint density at radius 2 is 1.80 bits per heavy atom. The first-order chi connectivity index (χ1) is 9.72. The van der Waals surface area contributed by atoms with Crippen LogP contribution in [0.15, 0.2) is 69.9 Å². The van der Waals surface area contributed by atoms with Gasteiger partial charge in [0.15, 0.2) is 0 Å². The lowest BCUT2D eigenvalue weighted by atomic mass is 9.91. The van der Waals surface area contributed by atoms with Crippen LogP contribution in [0.25, 0.3) is 11.1 Å². The maximum absolute atomic E-state index is 4.16. The van der Waals surface area contributed by atoms with Crippen LogP contribution in [0.4, 0.5) is 0 Å². The van der Waals surface area contributed by atoms with Crippen molar-refractivity contribution in [3.8, 4) is 11.1 Å². The van der Waals surface area contributed by atoms with Crippen LogP contribution in [0, 0.1) is 0 Å². The van der Waals surface area contributed by atoms with Gasteiger partial charge in [0.05, 0.1) is 0 Å². The Morgan fingerprint density at radius 3 is 2.45 bits per heavy atom. The van der Waals surface area contributed by atoms with Crippen LogP contribution in [0.3, 0.4) is 0 Å². The molecule has 1 unspecified atom stereocenters. The molecule has 3 rings (SSSR count). The summed E-state index contributed by atoms with van der Waals surface area (Å²) in [5.41, 5.74) is 3.69. The van der Waals surface area contributed by atoms with E-state index in [1.54, 1.807) is 6.20 Å². The largest absolute Gasteiger partial charge is 0.264 e. The van der Waals surface area contributed by atoms with Gasteiger partial charge < -0.3 is 0 Å². The van der Waals surface area contributed by atoms with Crippen molar-refractivity contribution in [1.29, 1.82) is 0 Å². The van der Waals surface area contributed by atoms with Crippen LogP contribution in [-0.4, -0.2) is 4.98 Å². The van der Waals surface area contributed by atoms with E-state index in [4.69, 9.17) is 0 Å². The molecule has 0 bridgehead atoms. The summed E-state index contributed by atoms with van der Waals surface area (Å²) in [6.45, 7) is 0. The fraction of sp³-hybridized carbons (Fsp3) is 0.118. The highest BCUT2D eigenvalue weighted by Crippen LogP contribution is 2.36. The molecular weight excluding hydrogens is 378 g/mol. The summed E-state index contributed by atoms with van der Waals surface area (Å²) in [6, 6.07) is 12.8. The third-order valence-corrected chi connectivity index (χ3v) is 4.45. The summed E-state index contributed by atoms with van der Waals surface area (Å²) in [7, 11) is 0. The maximum Gasteiger partial charge on any atom is 0.0346 e. The Morgan fingerprint density at radius 1 is 1.00 bits per heavy atom. The van der Waals surface area contributed by atoms with Crippen LogP contribution < -0.4 is 0 Å². The van der Waals surface area contributed by atoms with E-state index in [1.165, 1.54) is 15.6 Å². The molecule has 20 heavy (non-hydrogen) atoms. The van der Waals surface area contributed by atoms with Gasteiger partial charge in [0.25, 0.3) is 0 Å². The highest BCUT2D eigenvalue weighted by molar-refractivity contribution is 9.12. The van der Waals surface area contributed by atoms with Gasteiger partial charge in [-0.1, -0.05) is 68.3 Å². The van der Waals surface area contributed by atoms with Crippen molar-refractivity contribution in [3.05, 3.63) is 75.5 Å². The first-order valence-electron chi connectivity index (χ1n) is 6.46. The standard InChI is InChI=1S/C17H13Br2N/c18-16-8-15(9-17(19)10-16)13-5-3-12(4-6-13)14-2-1-7-20-11-14/h1-8,10-11,15H,9H2. The van der Waals surface area contributed by atoms with Crippen molar-refractivity contribution in [2.24, 2.45) is 0 Å². The van der Waals surface area contributed by atoms with Gasteiger partial charge in [0.1, 0.15) is 0 Å². The zero-order valence-corrected chi connectivity index (χ0v) is 13.9. The molecule has 1 heterocycles. The fourth-order valence-electron chi connectivity index (χ4n) is 2.39. The maximum atomic E-state index is 4.16. The Kier molecular flexibility index (Phi) is 4.18. The van der Waals surface area contributed by atoms with Gasteiger partial charge in [-0.2, -0.15) is 0 Å². The van der Waals surface area contributed by atoms with E-state index in [9.17, 15) is 0 Å². The van der Waals surface area contributed by atoms with Gasteiger partial charge in [-0.15, -0.1) is 0 Å². The number of pyridine rings is 1. The van der Waals surface area contributed by atoms with Crippen molar-refractivity contribution in [2.75, 3.05) is 0 Å². The second-order valence-electron chi connectivity index (χ2n) is 4.82. The van der Waals surface area contributed by atoms with Crippen LogP contribution in [0.1, 0.15) is 17.9 Å². The van der Waals surface area contributed by atoms with E-state index in [0.717, 1.165) is 16.5 Å². The summed E-state index contributed by atoms with van der Waals surface area (Å²) in [5, 5.41) is 0. The molecule has 0 saturated carbocycles. The first-order valence-corrected chi connectivity index (χ1v) is 8.05. The highest BCUT2D eigenvalue weighted by Gasteiger charge is 2.15. The van der Waals surface area contributed by atoms with E-state index in [2.05, 4.69) is 79.3 Å². The molecule has 1 aliphatic rings. The molecule has 0 spiro atoms. The molecule has 100 valence electrons. The number of hydrogen-bond acceptors (Lipinski definition) is 1. The van der Waals surface area contributed by atoms with Crippen molar-refractivity contribution in [2.45, 2.75) is 12.3 Å². The summed E-state index contributed by atoms with van der Waals surface area (Å²) >= 11 is 7.16. The Hall–Kier alpha value is -1.19. The second-order valence-corrected chi connectivity index (χ2v) is 6.75. The van der Waals surface area contributed by atoms with E-state index in [0.29, 0.717) is 5.92 Å². The summed E-state index contributed by atoms with van der Waals surface area (Å²) < 4.78 is 2.37. The van der Waals surface area contributed by atoms with Crippen LogP contribution >= 0.6 is 31.9 Å². The summed E-state index contributed by atoms with van der Waals surface area (Å²) in [4.78, 5) is 4.16. The molecule has 1 aromatic heterocycles. The monoisotopic (exact) mass is 389 g/mol.